The zero-order valence-electron chi connectivity index (χ0n) is 21.2. The number of nitrogens with two attached hydrogens (primary N) is 1. The molecule has 0 aliphatic rings. The van der Waals surface area contributed by atoms with Crippen LogP contribution in [0.4, 0.5) is 0 Å². The van der Waals surface area contributed by atoms with Gasteiger partial charge in [0.15, 0.2) is 0 Å². The number of carboxylic acid groups (broad SMARTS) is 1. The minimum absolute atomic E-state index is 0.00485. The van der Waals surface area contributed by atoms with E-state index >= 15 is 0 Å². The number of hydrogen-bond donors (Lipinski definition) is 8. The van der Waals surface area contributed by atoms with Crippen LogP contribution in [0.15, 0.2) is 55.4 Å². The Labute approximate surface area is 223 Å². The molecule has 3 rings (SSSR count). The Bertz CT molecular complexity index is 1220. The van der Waals surface area contributed by atoms with Gasteiger partial charge in [-0.25, -0.2) is 14.8 Å². The largest absolute Gasteiger partial charge is 0.480 e. The topological polar surface area (TPSA) is 228 Å². The summed E-state index contributed by atoms with van der Waals surface area (Å²) in [5.74, 6) is -3.60. The van der Waals surface area contributed by atoms with Gasteiger partial charge >= 0.3 is 5.97 Å². The van der Waals surface area contributed by atoms with Gasteiger partial charge in [0.05, 0.1) is 24.8 Å². The van der Waals surface area contributed by atoms with E-state index in [0.29, 0.717) is 17.0 Å². The van der Waals surface area contributed by atoms with Gasteiger partial charge in [0, 0.05) is 43.0 Å². The van der Waals surface area contributed by atoms with Crippen molar-refractivity contribution < 1.29 is 29.4 Å². The minimum Gasteiger partial charge on any atom is -0.480 e. The zero-order chi connectivity index (χ0) is 28.4. The van der Waals surface area contributed by atoms with Crippen LogP contribution in [0, 0.1) is 0 Å². The molecular weight excluding hydrogens is 508 g/mol. The van der Waals surface area contributed by atoms with Gasteiger partial charge in [0.25, 0.3) is 0 Å². The van der Waals surface area contributed by atoms with Gasteiger partial charge < -0.3 is 41.9 Å². The summed E-state index contributed by atoms with van der Waals surface area (Å²) in [5, 5.41) is 27.3. The standard InChI is InChI=1S/C25H32N8O6/c1-14(34)21(24(37)32-20(25(38)39)7-15-5-3-2-4-6-15)33-23(36)19(9-17-11-28-13-30-17)31-22(35)18(26)8-16-10-27-12-29-16/h2-6,10-14,18-21,34H,7-9,26H2,1H3,(H,27,29)(H,28,30)(H,31,35)(H,32,37)(H,33,36)(H,38,39). The number of amides is 3. The number of aromatic nitrogens is 4. The van der Waals surface area contributed by atoms with Crippen LogP contribution in [0.5, 0.6) is 0 Å². The van der Waals surface area contributed by atoms with Crippen molar-refractivity contribution in [1.29, 1.82) is 0 Å². The molecule has 1 aromatic carbocycles. The van der Waals surface area contributed by atoms with Crippen molar-refractivity contribution in [2.24, 2.45) is 5.73 Å². The molecule has 9 N–H and O–H groups in total. The SMILES string of the molecule is CC(O)C(NC(=O)C(Cc1cnc[nH]1)NC(=O)C(N)Cc1cnc[nH]1)C(=O)NC(Cc1ccccc1)C(=O)O. The first kappa shape index (κ1) is 29.0. The van der Waals surface area contributed by atoms with Crippen LogP contribution in [0.25, 0.3) is 0 Å². The third-order valence-corrected chi connectivity index (χ3v) is 5.90. The van der Waals surface area contributed by atoms with Crippen molar-refractivity contribution in [3.63, 3.8) is 0 Å². The van der Waals surface area contributed by atoms with Gasteiger partial charge in [0.2, 0.25) is 17.7 Å². The summed E-state index contributed by atoms with van der Waals surface area (Å²) in [7, 11) is 0. The number of aliphatic carboxylic acids is 1. The Morgan fingerprint density at radius 2 is 1.44 bits per heavy atom. The van der Waals surface area contributed by atoms with Crippen molar-refractivity contribution in [2.45, 2.75) is 56.5 Å². The average Bonchev–Trinajstić information content (AvgIpc) is 3.61. The first-order chi connectivity index (χ1) is 18.6. The average molecular weight is 541 g/mol. The highest BCUT2D eigenvalue weighted by Crippen LogP contribution is 2.06. The van der Waals surface area contributed by atoms with Crippen LogP contribution in [-0.4, -0.2) is 84.1 Å². The van der Waals surface area contributed by atoms with E-state index in [9.17, 15) is 29.4 Å². The molecule has 0 aliphatic heterocycles. The molecule has 3 aromatic rings. The highest BCUT2D eigenvalue weighted by Gasteiger charge is 2.33. The van der Waals surface area contributed by atoms with Crippen LogP contribution < -0.4 is 21.7 Å². The van der Waals surface area contributed by atoms with Gasteiger partial charge in [-0.15, -0.1) is 0 Å². The molecule has 0 saturated heterocycles. The Balaban J connectivity index is 1.70. The summed E-state index contributed by atoms with van der Waals surface area (Å²) in [4.78, 5) is 64.3. The summed E-state index contributed by atoms with van der Waals surface area (Å²) in [6.45, 7) is 1.28. The third-order valence-electron chi connectivity index (χ3n) is 5.90. The van der Waals surface area contributed by atoms with Crippen molar-refractivity contribution in [1.82, 2.24) is 35.9 Å². The summed E-state index contributed by atoms with van der Waals surface area (Å²) in [6, 6.07) is 3.68. The molecule has 5 atom stereocenters. The molecule has 2 aromatic heterocycles. The predicted octanol–water partition coefficient (Wildman–Crippen LogP) is -1.59. The normalized spacial score (nSPS) is 14.8. The van der Waals surface area contributed by atoms with Crippen LogP contribution in [0.1, 0.15) is 23.9 Å². The second-order valence-electron chi connectivity index (χ2n) is 9.05. The zero-order valence-corrected chi connectivity index (χ0v) is 21.2. The van der Waals surface area contributed by atoms with Gasteiger partial charge in [-0.3, -0.25) is 14.4 Å². The summed E-state index contributed by atoms with van der Waals surface area (Å²) in [6.07, 6.45) is 4.58. The molecule has 0 saturated carbocycles. The number of benzene rings is 1. The number of nitrogens with zero attached hydrogens (tertiary/aromatic N) is 2. The van der Waals surface area contributed by atoms with Crippen LogP contribution >= 0.6 is 0 Å². The molecule has 0 fully saturated rings. The van der Waals surface area contributed by atoms with Crippen molar-refractivity contribution in [2.75, 3.05) is 0 Å². The summed E-state index contributed by atoms with van der Waals surface area (Å²) < 4.78 is 0. The van der Waals surface area contributed by atoms with Crippen LogP contribution in [0.2, 0.25) is 0 Å². The van der Waals surface area contributed by atoms with Gasteiger partial charge in [-0.05, 0) is 12.5 Å². The van der Waals surface area contributed by atoms with E-state index in [0.717, 1.165) is 0 Å². The van der Waals surface area contributed by atoms with E-state index in [1.165, 1.54) is 32.0 Å². The van der Waals surface area contributed by atoms with Gasteiger partial charge in [-0.1, -0.05) is 30.3 Å². The molecule has 0 radical (unpaired) electrons. The highest BCUT2D eigenvalue weighted by atomic mass is 16.4. The number of imidazole rings is 2. The van der Waals surface area contributed by atoms with Crippen molar-refractivity contribution in [3.8, 4) is 0 Å². The van der Waals surface area contributed by atoms with Crippen LogP contribution in [-0.2, 0) is 38.4 Å². The molecule has 5 unspecified atom stereocenters. The lowest BCUT2D eigenvalue weighted by molar-refractivity contribution is -0.143. The molecule has 3 amide bonds. The highest BCUT2D eigenvalue weighted by molar-refractivity contribution is 5.94. The molecule has 14 heteroatoms. The van der Waals surface area contributed by atoms with E-state index in [1.807, 2.05) is 0 Å². The quantitative estimate of drug-likeness (QED) is 0.118. The number of rotatable bonds is 14. The second kappa shape index (κ2) is 13.8. The predicted molar refractivity (Wildman–Crippen MR) is 138 cm³/mol. The maximum absolute atomic E-state index is 13.2. The summed E-state index contributed by atoms with van der Waals surface area (Å²) in [5.41, 5.74) is 7.82. The lowest BCUT2D eigenvalue weighted by atomic mass is 10.0. The van der Waals surface area contributed by atoms with E-state index in [-0.39, 0.29) is 19.3 Å². The first-order valence-corrected chi connectivity index (χ1v) is 12.2. The monoisotopic (exact) mass is 540 g/mol. The lowest BCUT2D eigenvalue weighted by Crippen LogP contribution is -2.60. The Morgan fingerprint density at radius 3 is 1.97 bits per heavy atom. The van der Waals surface area contributed by atoms with E-state index < -0.39 is 54.0 Å². The fraction of sp³-hybridized carbons (Fsp3) is 0.360. The number of H-pyrrole nitrogens is 2. The Kier molecular flexibility index (Phi) is 10.3. The number of aliphatic hydroxyl groups is 1. The molecule has 208 valence electrons. The fourth-order valence-corrected chi connectivity index (χ4v) is 3.80. The summed E-state index contributed by atoms with van der Waals surface area (Å²) >= 11 is 0. The number of aromatic amines is 2. The molecule has 0 spiro atoms. The number of nitrogens with one attached hydrogen (secondary N) is 5. The van der Waals surface area contributed by atoms with Crippen LogP contribution in [0.3, 0.4) is 0 Å². The first-order valence-electron chi connectivity index (χ1n) is 12.2. The lowest BCUT2D eigenvalue weighted by Gasteiger charge is -2.26. The van der Waals surface area contributed by atoms with Crippen molar-refractivity contribution >= 4 is 23.7 Å². The van der Waals surface area contributed by atoms with E-state index in [2.05, 4.69) is 35.9 Å². The number of carbonyl (C=O) groups is 4. The molecule has 39 heavy (non-hydrogen) atoms. The smallest absolute Gasteiger partial charge is 0.326 e. The maximum atomic E-state index is 13.2. The number of carbonyl (C=O) groups excluding carboxylic acids is 3. The Hall–Kier alpha value is -4.56. The molecule has 2 heterocycles. The number of hydrogen-bond acceptors (Lipinski definition) is 8. The van der Waals surface area contributed by atoms with Gasteiger partial charge in [0.1, 0.15) is 18.1 Å². The molecule has 14 nitrogen and oxygen atoms in total. The minimum atomic E-state index is -1.50. The van der Waals surface area contributed by atoms with E-state index in [4.69, 9.17) is 5.73 Å². The number of aliphatic hydroxyl groups excluding tert-OH is 1. The molecule has 0 aliphatic carbocycles. The molecular formula is C25H32N8O6. The maximum Gasteiger partial charge on any atom is 0.326 e. The fourth-order valence-electron chi connectivity index (χ4n) is 3.80. The molecule has 0 bridgehead atoms. The van der Waals surface area contributed by atoms with Crippen molar-refractivity contribution in [3.05, 3.63) is 72.3 Å². The second-order valence-corrected chi connectivity index (χ2v) is 9.05. The Morgan fingerprint density at radius 1 is 0.846 bits per heavy atom. The van der Waals surface area contributed by atoms with E-state index in [1.54, 1.807) is 30.3 Å². The number of carboxylic acids is 1. The third kappa shape index (κ3) is 8.76. The van der Waals surface area contributed by atoms with Gasteiger partial charge in [-0.2, -0.15) is 0 Å².